The number of aromatic nitrogens is 1. The third-order valence-electron chi connectivity index (χ3n) is 5.21. The molecule has 2 amide bonds. The fraction of sp³-hybridized carbons (Fsp3) is 0.381. The third-order valence-corrected chi connectivity index (χ3v) is 5.21. The molecule has 2 aromatic rings. The van der Waals surface area contributed by atoms with E-state index in [1.165, 1.54) is 23.9 Å². The molecule has 1 saturated carbocycles. The molecule has 4 rings (SSSR count). The second-order valence-corrected chi connectivity index (χ2v) is 7.60. The molecule has 30 heavy (non-hydrogen) atoms. The van der Waals surface area contributed by atoms with Crippen LogP contribution in [0.25, 0.3) is 0 Å². The van der Waals surface area contributed by atoms with E-state index in [4.69, 9.17) is 4.74 Å². The van der Waals surface area contributed by atoms with Crippen molar-refractivity contribution in [3.8, 4) is 17.6 Å². The monoisotopic (exact) mass is 421 g/mol. The van der Waals surface area contributed by atoms with Crippen molar-refractivity contribution < 1.29 is 27.1 Å². The number of ether oxygens (including phenoxy) is 1. The van der Waals surface area contributed by atoms with Crippen molar-refractivity contribution in [1.82, 2.24) is 9.88 Å². The van der Waals surface area contributed by atoms with E-state index >= 15 is 0 Å². The fourth-order valence-corrected chi connectivity index (χ4v) is 3.43. The maximum absolute atomic E-state index is 14.9. The Morgan fingerprint density at radius 2 is 2.00 bits per heavy atom. The second-order valence-electron chi connectivity index (χ2n) is 7.60. The first-order valence-corrected chi connectivity index (χ1v) is 9.35. The lowest BCUT2D eigenvalue weighted by Gasteiger charge is -2.40. The predicted octanol–water partition coefficient (Wildman–Crippen LogP) is 4.22. The number of nitrogens with one attached hydrogen (secondary N) is 2. The highest BCUT2D eigenvalue weighted by atomic mass is 19.3. The van der Waals surface area contributed by atoms with Gasteiger partial charge in [0.25, 0.3) is 5.92 Å². The van der Waals surface area contributed by atoms with Gasteiger partial charge in [-0.3, -0.25) is 0 Å². The molecule has 2 aliphatic rings. The summed E-state index contributed by atoms with van der Waals surface area (Å²) in [5.74, 6) is 0.418. The fourth-order valence-electron chi connectivity index (χ4n) is 3.43. The van der Waals surface area contributed by atoms with Gasteiger partial charge in [0.1, 0.15) is 5.82 Å². The van der Waals surface area contributed by atoms with E-state index < -0.39 is 29.1 Å². The summed E-state index contributed by atoms with van der Waals surface area (Å²) in [6.45, 7) is 0.552. The number of halogens is 4. The van der Waals surface area contributed by atoms with Gasteiger partial charge in [-0.1, -0.05) is 11.8 Å². The normalized spacial score (nSPS) is 20.5. The summed E-state index contributed by atoms with van der Waals surface area (Å²) in [4.78, 5) is 12.2. The predicted molar refractivity (Wildman–Crippen MR) is 101 cm³/mol. The van der Waals surface area contributed by atoms with Gasteiger partial charge in [0.05, 0.1) is 13.7 Å². The topological polar surface area (TPSA) is 55.3 Å². The van der Waals surface area contributed by atoms with Crippen molar-refractivity contribution in [2.24, 2.45) is 5.92 Å². The van der Waals surface area contributed by atoms with Gasteiger partial charge in [0, 0.05) is 42.0 Å². The number of anilines is 1. The average molecular weight is 421 g/mol. The number of urea groups is 1. The lowest BCUT2D eigenvalue weighted by atomic mass is 9.81. The molecule has 1 fully saturated rings. The SMILES string of the molecule is COc1cn(Cc2cc3c(cc2F)[C@@](C#CC2CC2)(C(C)(F)F)NC(=O)N3)cc1F. The number of amides is 2. The van der Waals surface area contributed by atoms with Crippen molar-refractivity contribution in [3.63, 3.8) is 0 Å². The number of fused-ring (bicyclic) bond motifs is 1. The van der Waals surface area contributed by atoms with Crippen LogP contribution in [0.1, 0.15) is 30.9 Å². The summed E-state index contributed by atoms with van der Waals surface area (Å²) in [5.41, 5.74) is -2.39. The lowest BCUT2D eigenvalue weighted by molar-refractivity contribution is -0.0465. The summed E-state index contributed by atoms with van der Waals surface area (Å²) in [5, 5.41) is 4.66. The Morgan fingerprint density at radius 1 is 1.27 bits per heavy atom. The number of rotatable bonds is 4. The Kier molecular flexibility index (Phi) is 4.68. The smallest absolute Gasteiger partial charge is 0.320 e. The zero-order chi connectivity index (χ0) is 21.7. The van der Waals surface area contributed by atoms with E-state index in [9.17, 15) is 22.4 Å². The lowest BCUT2D eigenvalue weighted by Crippen LogP contribution is -2.59. The molecule has 1 atom stereocenters. The first kappa shape index (κ1) is 20.1. The molecular formula is C21H19F4N3O2. The van der Waals surface area contributed by atoms with Crippen LogP contribution in [0.4, 0.5) is 28.0 Å². The molecule has 0 bridgehead atoms. The molecule has 1 aromatic heterocycles. The number of alkyl halides is 2. The summed E-state index contributed by atoms with van der Waals surface area (Å²) in [7, 11) is 1.30. The molecule has 2 N–H and O–H groups in total. The summed E-state index contributed by atoms with van der Waals surface area (Å²) in [6, 6.07) is 1.36. The van der Waals surface area contributed by atoms with Crippen LogP contribution < -0.4 is 15.4 Å². The number of carbonyl (C=O) groups excluding carboxylic acids is 1. The molecule has 0 radical (unpaired) electrons. The summed E-state index contributed by atoms with van der Waals surface area (Å²) in [6.07, 6.45) is 4.09. The Balaban J connectivity index is 1.79. The van der Waals surface area contributed by atoms with Gasteiger partial charge in [-0.2, -0.15) is 0 Å². The van der Waals surface area contributed by atoms with Crippen molar-refractivity contribution in [3.05, 3.63) is 47.3 Å². The van der Waals surface area contributed by atoms with Crippen LogP contribution in [0.5, 0.6) is 5.75 Å². The number of hydrogen-bond acceptors (Lipinski definition) is 2. The molecule has 1 aromatic carbocycles. The van der Waals surface area contributed by atoms with Crippen molar-refractivity contribution in [1.29, 1.82) is 0 Å². The molecular weight excluding hydrogens is 402 g/mol. The molecule has 0 spiro atoms. The third kappa shape index (κ3) is 3.47. The Hall–Kier alpha value is -3.15. The van der Waals surface area contributed by atoms with Crippen molar-refractivity contribution in [2.45, 2.75) is 37.8 Å². The Labute approximate surface area is 170 Å². The molecule has 1 aliphatic carbocycles. The minimum absolute atomic E-state index is 0.00204. The molecule has 158 valence electrons. The minimum Gasteiger partial charge on any atom is -0.492 e. The van der Waals surface area contributed by atoms with Gasteiger partial charge in [0.2, 0.25) is 0 Å². The van der Waals surface area contributed by atoms with Gasteiger partial charge in [0.15, 0.2) is 17.1 Å². The number of methoxy groups -OCH3 is 1. The van der Waals surface area contributed by atoms with Gasteiger partial charge >= 0.3 is 6.03 Å². The average Bonchev–Trinajstić information content (AvgIpc) is 3.42. The maximum atomic E-state index is 14.9. The van der Waals surface area contributed by atoms with E-state index in [0.717, 1.165) is 25.1 Å². The van der Waals surface area contributed by atoms with E-state index in [0.29, 0.717) is 6.92 Å². The van der Waals surface area contributed by atoms with Crippen LogP contribution in [0, 0.1) is 29.4 Å². The second kappa shape index (κ2) is 6.97. The van der Waals surface area contributed by atoms with Crippen molar-refractivity contribution in [2.75, 3.05) is 12.4 Å². The number of carbonyl (C=O) groups is 1. The van der Waals surface area contributed by atoms with Gasteiger partial charge in [-0.15, -0.1) is 0 Å². The maximum Gasteiger partial charge on any atom is 0.320 e. The van der Waals surface area contributed by atoms with Gasteiger partial charge in [-0.25, -0.2) is 22.4 Å². The standard InChI is InChI=1S/C21H19F4N3O2/c1-20(24,25)21(6-5-12-3-4-12)14-8-15(22)13(7-17(14)26-19(29)27-21)9-28-10-16(23)18(11-28)30-2/h7-8,10-12H,3-4,9H2,1-2H3,(H2,26,27,29)/t21-/m0/s1. The van der Waals surface area contributed by atoms with E-state index in [-0.39, 0.29) is 35.0 Å². The zero-order valence-corrected chi connectivity index (χ0v) is 16.3. The van der Waals surface area contributed by atoms with Crippen molar-refractivity contribution >= 4 is 11.7 Å². The first-order chi connectivity index (χ1) is 14.1. The van der Waals surface area contributed by atoms with Crippen LogP contribution in [0.15, 0.2) is 24.5 Å². The molecule has 0 saturated heterocycles. The van der Waals surface area contributed by atoms with Crippen LogP contribution >= 0.6 is 0 Å². The molecule has 0 unspecified atom stereocenters. The summed E-state index contributed by atoms with van der Waals surface area (Å²) < 4.78 is 64.3. The molecule has 1 aliphatic heterocycles. The van der Waals surface area contributed by atoms with Gasteiger partial charge in [-0.05, 0) is 25.0 Å². The van der Waals surface area contributed by atoms with Gasteiger partial charge < -0.3 is 19.9 Å². The number of hydrogen-bond donors (Lipinski definition) is 2. The number of nitrogens with zero attached hydrogens (tertiary/aromatic N) is 1. The highest BCUT2D eigenvalue weighted by molar-refractivity contribution is 5.95. The Morgan fingerprint density at radius 3 is 2.60 bits per heavy atom. The highest BCUT2D eigenvalue weighted by Crippen LogP contribution is 2.44. The minimum atomic E-state index is -3.48. The summed E-state index contributed by atoms with van der Waals surface area (Å²) >= 11 is 0. The molecule has 2 heterocycles. The number of benzene rings is 1. The van der Waals surface area contributed by atoms with Crippen LogP contribution in [0.3, 0.4) is 0 Å². The van der Waals surface area contributed by atoms with E-state index in [1.807, 2.05) is 0 Å². The van der Waals surface area contributed by atoms with E-state index in [1.54, 1.807) is 0 Å². The highest BCUT2D eigenvalue weighted by Gasteiger charge is 2.55. The van der Waals surface area contributed by atoms with Crippen LogP contribution in [-0.2, 0) is 12.1 Å². The molecule has 5 nitrogen and oxygen atoms in total. The van der Waals surface area contributed by atoms with E-state index in [2.05, 4.69) is 22.5 Å². The van der Waals surface area contributed by atoms with Crippen LogP contribution in [-0.4, -0.2) is 23.6 Å². The first-order valence-electron chi connectivity index (χ1n) is 9.35. The zero-order valence-electron chi connectivity index (χ0n) is 16.3. The Bertz CT molecular complexity index is 1080. The largest absolute Gasteiger partial charge is 0.492 e. The van der Waals surface area contributed by atoms with Crippen LogP contribution in [0.2, 0.25) is 0 Å². The quantitative estimate of drug-likeness (QED) is 0.574. The molecule has 9 heteroatoms.